The smallest absolute Gasteiger partial charge is 0.276 e. The van der Waals surface area contributed by atoms with E-state index >= 15 is 0 Å². The van der Waals surface area contributed by atoms with Crippen LogP contribution >= 0.6 is 22.9 Å². The van der Waals surface area contributed by atoms with E-state index in [1.54, 1.807) is 61.2 Å². The summed E-state index contributed by atoms with van der Waals surface area (Å²) in [5.41, 5.74) is 3.54. The molecule has 0 bridgehead atoms. The number of aryl methyl sites for hydroxylation is 1. The van der Waals surface area contributed by atoms with Gasteiger partial charge in [-0.15, -0.1) is 11.3 Å². The highest BCUT2D eigenvalue weighted by atomic mass is 35.5. The molecule has 186 valence electrons. The normalized spacial score (nSPS) is 11.2. The van der Waals surface area contributed by atoms with Crippen LogP contribution in [0.25, 0.3) is 10.4 Å². The molecule has 0 aliphatic rings. The number of halogens is 1. The zero-order valence-corrected chi connectivity index (χ0v) is 21.7. The van der Waals surface area contributed by atoms with Crippen molar-refractivity contribution in [3.8, 4) is 16.2 Å². The Kier molecular flexibility index (Phi) is 7.60. The van der Waals surface area contributed by atoms with E-state index in [2.05, 4.69) is 4.98 Å². The monoisotopic (exact) mass is 543 g/mol. The first-order valence-corrected chi connectivity index (χ1v) is 13.3. The molecule has 0 atom stereocenters. The number of carbonyl (C=O) groups is 1. The van der Waals surface area contributed by atoms with E-state index in [0.29, 0.717) is 26.8 Å². The number of anilines is 1. The quantitative estimate of drug-likeness (QED) is 0.231. The zero-order valence-electron chi connectivity index (χ0n) is 19.3. The number of sulfonamides is 1. The molecule has 0 saturated carbocycles. The molecule has 11 heteroatoms. The number of carbonyl (C=O) groups excluding carboxylic acids is 1. The van der Waals surface area contributed by atoms with Crippen molar-refractivity contribution < 1.29 is 23.2 Å². The van der Waals surface area contributed by atoms with Gasteiger partial charge in [0.05, 0.1) is 34.1 Å². The van der Waals surface area contributed by atoms with E-state index in [0.717, 1.165) is 9.18 Å². The summed E-state index contributed by atoms with van der Waals surface area (Å²) in [5.74, 6) is -0.345. The Hall–Kier alpha value is -3.44. The Bertz CT molecular complexity index is 1490. The minimum absolute atomic E-state index is 0.0102. The molecule has 0 radical (unpaired) electrons. The number of hydroxylamine groups is 1. The molecule has 36 heavy (non-hydrogen) atoms. The Morgan fingerprint density at radius 3 is 2.50 bits per heavy atom. The van der Waals surface area contributed by atoms with Crippen LogP contribution in [0.4, 0.5) is 5.69 Å². The van der Waals surface area contributed by atoms with Crippen molar-refractivity contribution in [1.82, 2.24) is 10.5 Å². The molecule has 8 nitrogen and oxygen atoms in total. The molecule has 0 saturated heterocycles. The summed E-state index contributed by atoms with van der Waals surface area (Å²) in [7, 11) is -2.68. The number of benzene rings is 2. The van der Waals surface area contributed by atoms with Crippen molar-refractivity contribution in [2.45, 2.75) is 18.4 Å². The SMILES string of the molecule is COc1ccc(S(=O)(=O)N(Cc2cccnc2)c2c(C)cc(-c3ccc(Cl)s3)cc2C(=O)NO)cc1. The van der Waals surface area contributed by atoms with Crippen LogP contribution in [0.15, 0.2) is 78.0 Å². The lowest BCUT2D eigenvalue weighted by atomic mass is 10.0. The first-order chi connectivity index (χ1) is 17.2. The van der Waals surface area contributed by atoms with E-state index in [1.165, 1.54) is 36.6 Å². The second kappa shape index (κ2) is 10.7. The first-order valence-electron chi connectivity index (χ1n) is 10.6. The zero-order chi connectivity index (χ0) is 25.9. The molecular weight excluding hydrogens is 522 g/mol. The molecule has 2 N–H and O–H groups in total. The second-order valence-electron chi connectivity index (χ2n) is 7.78. The minimum atomic E-state index is -4.17. The third-order valence-corrected chi connectivity index (χ3v) is 8.49. The fourth-order valence-corrected chi connectivity index (χ4v) is 6.34. The average Bonchev–Trinajstić information content (AvgIpc) is 3.33. The number of pyridine rings is 1. The van der Waals surface area contributed by atoms with Crippen LogP contribution in [0.5, 0.6) is 5.75 Å². The van der Waals surface area contributed by atoms with E-state index < -0.39 is 15.9 Å². The number of nitrogens with zero attached hydrogens (tertiary/aromatic N) is 2. The first kappa shape index (κ1) is 25.6. The summed E-state index contributed by atoms with van der Waals surface area (Å²) < 4.78 is 34.8. The van der Waals surface area contributed by atoms with E-state index in [4.69, 9.17) is 16.3 Å². The molecule has 0 aliphatic heterocycles. The lowest BCUT2D eigenvalue weighted by Gasteiger charge is -2.28. The number of ether oxygens (including phenoxy) is 1. The summed E-state index contributed by atoms with van der Waals surface area (Å²) in [5, 5.41) is 9.51. The van der Waals surface area contributed by atoms with Gasteiger partial charge in [0.25, 0.3) is 15.9 Å². The van der Waals surface area contributed by atoms with Gasteiger partial charge in [0.15, 0.2) is 0 Å². The third kappa shape index (κ3) is 5.21. The number of hydrogen-bond donors (Lipinski definition) is 2. The van der Waals surface area contributed by atoms with Gasteiger partial charge in [-0.25, -0.2) is 13.9 Å². The van der Waals surface area contributed by atoms with Crippen LogP contribution in [0.2, 0.25) is 4.34 Å². The molecule has 2 aromatic carbocycles. The van der Waals surface area contributed by atoms with Crippen LogP contribution in [-0.4, -0.2) is 31.6 Å². The van der Waals surface area contributed by atoms with Gasteiger partial charge in [-0.05, 0) is 78.2 Å². The van der Waals surface area contributed by atoms with Gasteiger partial charge in [0.1, 0.15) is 5.75 Å². The van der Waals surface area contributed by atoms with Crippen molar-refractivity contribution in [3.05, 3.63) is 94.1 Å². The molecule has 4 aromatic rings. The Morgan fingerprint density at radius 2 is 1.92 bits per heavy atom. The molecule has 0 aliphatic carbocycles. The van der Waals surface area contributed by atoms with E-state index in [1.807, 2.05) is 6.07 Å². The summed E-state index contributed by atoms with van der Waals surface area (Å²) in [6.07, 6.45) is 3.14. The summed E-state index contributed by atoms with van der Waals surface area (Å²) in [6, 6.07) is 16.3. The molecule has 0 spiro atoms. The van der Waals surface area contributed by atoms with Gasteiger partial charge >= 0.3 is 0 Å². The van der Waals surface area contributed by atoms with E-state index in [-0.39, 0.29) is 22.7 Å². The van der Waals surface area contributed by atoms with Gasteiger partial charge in [0, 0.05) is 17.3 Å². The number of thiophene rings is 1. The Balaban J connectivity index is 1.94. The maximum Gasteiger partial charge on any atom is 0.276 e. The van der Waals surface area contributed by atoms with Crippen molar-refractivity contribution >= 4 is 44.6 Å². The number of nitrogens with one attached hydrogen (secondary N) is 1. The summed E-state index contributed by atoms with van der Waals surface area (Å²) >= 11 is 7.42. The number of aromatic nitrogens is 1. The highest BCUT2D eigenvalue weighted by Gasteiger charge is 2.31. The van der Waals surface area contributed by atoms with Gasteiger partial charge < -0.3 is 4.74 Å². The second-order valence-corrected chi connectivity index (χ2v) is 11.4. The van der Waals surface area contributed by atoms with Crippen LogP contribution < -0.4 is 14.5 Å². The van der Waals surface area contributed by atoms with Crippen LogP contribution in [0.3, 0.4) is 0 Å². The molecule has 0 unspecified atom stereocenters. The van der Waals surface area contributed by atoms with Gasteiger partial charge in [-0.3, -0.25) is 19.3 Å². The molecule has 1 amide bonds. The lowest BCUT2D eigenvalue weighted by molar-refractivity contribution is 0.0707. The van der Waals surface area contributed by atoms with Crippen molar-refractivity contribution in [2.75, 3.05) is 11.4 Å². The molecular formula is C25H22ClN3O5S2. The highest BCUT2D eigenvalue weighted by molar-refractivity contribution is 7.92. The fourth-order valence-electron chi connectivity index (χ4n) is 3.77. The van der Waals surface area contributed by atoms with Crippen LogP contribution in [-0.2, 0) is 16.6 Å². The summed E-state index contributed by atoms with van der Waals surface area (Å²) in [4.78, 5) is 17.7. The third-order valence-electron chi connectivity index (χ3n) is 5.45. The number of amides is 1. The van der Waals surface area contributed by atoms with Crippen molar-refractivity contribution in [2.24, 2.45) is 0 Å². The van der Waals surface area contributed by atoms with E-state index in [9.17, 15) is 18.4 Å². The van der Waals surface area contributed by atoms with Crippen LogP contribution in [0, 0.1) is 6.92 Å². The fraction of sp³-hybridized carbons (Fsp3) is 0.120. The topological polar surface area (TPSA) is 109 Å². The average molecular weight is 544 g/mol. The molecule has 4 rings (SSSR count). The van der Waals surface area contributed by atoms with Crippen molar-refractivity contribution in [3.63, 3.8) is 0 Å². The number of methoxy groups -OCH3 is 1. The Labute approximate surface area is 217 Å². The van der Waals surface area contributed by atoms with Crippen LogP contribution in [0.1, 0.15) is 21.5 Å². The molecule has 0 fully saturated rings. The largest absolute Gasteiger partial charge is 0.497 e. The number of rotatable bonds is 8. The Morgan fingerprint density at radius 1 is 1.17 bits per heavy atom. The number of hydrogen-bond acceptors (Lipinski definition) is 7. The van der Waals surface area contributed by atoms with Gasteiger partial charge in [-0.2, -0.15) is 0 Å². The standard InChI is InChI=1S/C25H22ClN3O5S2/c1-16-12-18(22-9-10-23(26)35-22)13-21(25(30)28-31)24(16)29(15-17-4-3-11-27-14-17)36(32,33)20-7-5-19(34-2)6-8-20/h3-14,31H,15H2,1-2H3,(H,28,30). The summed E-state index contributed by atoms with van der Waals surface area (Å²) in [6.45, 7) is 1.61. The van der Waals surface area contributed by atoms with Gasteiger partial charge in [0.2, 0.25) is 0 Å². The predicted octanol–water partition coefficient (Wildman–Crippen LogP) is 5.30. The maximum atomic E-state index is 14.0. The lowest BCUT2D eigenvalue weighted by Crippen LogP contribution is -2.34. The predicted molar refractivity (Wildman–Crippen MR) is 139 cm³/mol. The molecule has 2 aromatic heterocycles. The minimum Gasteiger partial charge on any atom is -0.497 e. The maximum absolute atomic E-state index is 14.0. The molecule has 2 heterocycles. The highest BCUT2D eigenvalue weighted by Crippen LogP contribution is 2.38. The van der Waals surface area contributed by atoms with Gasteiger partial charge in [-0.1, -0.05) is 17.7 Å². The van der Waals surface area contributed by atoms with Crippen molar-refractivity contribution in [1.29, 1.82) is 0 Å².